The molecule has 2 aromatic heterocycles. The molecule has 0 spiro atoms. The molecular formula is C37H36F6N4O4. The van der Waals surface area contributed by atoms with Crippen LogP contribution in [-0.4, -0.2) is 31.1 Å². The number of hydrogen-bond donors (Lipinski definition) is 2. The molecule has 4 rings (SSSR count). The van der Waals surface area contributed by atoms with E-state index in [9.17, 15) is 37.1 Å². The van der Waals surface area contributed by atoms with E-state index in [1.165, 1.54) is 37.9 Å². The zero-order chi connectivity index (χ0) is 37.8. The second-order valence-electron chi connectivity index (χ2n) is 12.6. The first kappa shape index (κ1) is 38.5. The van der Waals surface area contributed by atoms with Crippen molar-refractivity contribution in [1.82, 2.24) is 19.4 Å². The molecule has 0 bridgehead atoms. The van der Waals surface area contributed by atoms with Crippen molar-refractivity contribution in [1.29, 1.82) is 0 Å². The van der Waals surface area contributed by atoms with Crippen molar-refractivity contribution in [2.75, 3.05) is 0 Å². The Hall–Kier alpha value is -5.32. The smallest absolute Gasteiger partial charge is 0.416 e. The number of aryl methyl sites for hydroxylation is 4. The van der Waals surface area contributed by atoms with Gasteiger partial charge in [0.1, 0.15) is 23.5 Å². The second kappa shape index (κ2) is 15.7. The Labute approximate surface area is 290 Å². The quantitative estimate of drug-likeness (QED) is 0.118. The van der Waals surface area contributed by atoms with Crippen LogP contribution in [0.1, 0.15) is 79.1 Å². The van der Waals surface area contributed by atoms with E-state index >= 15 is 8.78 Å². The van der Waals surface area contributed by atoms with E-state index in [1.807, 2.05) is 0 Å². The minimum absolute atomic E-state index is 0.0648. The fraction of sp³-hybridized carbons (Fsp3) is 0.351. The van der Waals surface area contributed by atoms with Crippen molar-refractivity contribution in [3.8, 4) is 23.0 Å². The number of pyridine rings is 1. The highest BCUT2D eigenvalue weighted by Gasteiger charge is 2.36. The molecule has 2 atom stereocenters. The predicted octanol–water partition coefficient (Wildman–Crippen LogP) is 7.30. The lowest BCUT2D eigenvalue weighted by Crippen LogP contribution is -2.41. The summed E-state index contributed by atoms with van der Waals surface area (Å²) in [4.78, 5) is 43.2. The number of carbonyl (C=O) groups excluding carboxylic acids is 1. The van der Waals surface area contributed by atoms with Gasteiger partial charge in [0.25, 0.3) is 5.56 Å². The molecule has 0 aliphatic heterocycles. The van der Waals surface area contributed by atoms with Crippen molar-refractivity contribution in [2.24, 2.45) is 5.92 Å². The average molecular weight is 715 g/mol. The van der Waals surface area contributed by atoms with E-state index in [0.717, 1.165) is 29.0 Å². The van der Waals surface area contributed by atoms with Gasteiger partial charge < -0.3 is 19.6 Å². The monoisotopic (exact) mass is 714 g/mol. The van der Waals surface area contributed by atoms with Crippen molar-refractivity contribution in [2.45, 2.75) is 78.7 Å². The average Bonchev–Trinajstić information content (AvgIpc) is 3.53. The van der Waals surface area contributed by atoms with Gasteiger partial charge in [-0.05, 0) is 80.0 Å². The Kier molecular flexibility index (Phi) is 11.8. The summed E-state index contributed by atoms with van der Waals surface area (Å²) in [7, 11) is 0. The van der Waals surface area contributed by atoms with Crippen LogP contribution in [0.25, 0.3) is 11.1 Å². The van der Waals surface area contributed by atoms with Crippen LogP contribution in [0.3, 0.4) is 0 Å². The first-order valence-corrected chi connectivity index (χ1v) is 15.9. The van der Waals surface area contributed by atoms with E-state index < -0.39 is 70.7 Å². The molecule has 4 aromatic rings. The van der Waals surface area contributed by atoms with Gasteiger partial charge in [-0.1, -0.05) is 19.8 Å². The largest absolute Gasteiger partial charge is 0.481 e. The van der Waals surface area contributed by atoms with E-state index in [-0.39, 0.29) is 58.7 Å². The first-order valence-electron chi connectivity index (χ1n) is 15.9. The maximum absolute atomic E-state index is 16.7. The molecule has 0 aliphatic carbocycles. The number of carbonyl (C=O) groups is 2. The van der Waals surface area contributed by atoms with Crippen LogP contribution in [-0.2, 0) is 28.7 Å². The highest BCUT2D eigenvalue weighted by atomic mass is 19.4. The van der Waals surface area contributed by atoms with Gasteiger partial charge in [-0.2, -0.15) is 13.2 Å². The molecule has 0 saturated heterocycles. The van der Waals surface area contributed by atoms with Crippen LogP contribution < -0.4 is 10.9 Å². The lowest BCUT2D eigenvalue weighted by Gasteiger charge is -2.27. The molecule has 2 heterocycles. The summed E-state index contributed by atoms with van der Waals surface area (Å²) in [6, 6.07) is 0.232. The molecule has 2 aromatic carbocycles. The lowest BCUT2D eigenvalue weighted by atomic mass is 9.88. The van der Waals surface area contributed by atoms with Crippen LogP contribution in [0, 0.1) is 49.1 Å². The van der Waals surface area contributed by atoms with E-state index in [0.29, 0.717) is 6.07 Å². The fourth-order valence-electron chi connectivity index (χ4n) is 6.16. The van der Waals surface area contributed by atoms with Gasteiger partial charge in [-0.15, -0.1) is 5.92 Å². The van der Waals surface area contributed by atoms with Crippen LogP contribution in [0.4, 0.5) is 26.3 Å². The topological polar surface area (TPSA) is 106 Å². The molecule has 1 amide bonds. The molecule has 8 nitrogen and oxygen atoms in total. The van der Waals surface area contributed by atoms with Crippen molar-refractivity contribution >= 4 is 11.9 Å². The number of hydrogen-bond acceptors (Lipinski definition) is 4. The molecule has 0 unspecified atom stereocenters. The molecule has 0 radical (unpaired) electrons. The van der Waals surface area contributed by atoms with Crippen LogP contribution >= 0.6 is 0 Å². The Morgan fingerprint density at radius 1 is 1.04 bits per heavy atom. The van der Waals surface area contributed by atoms with Crippen LogP contribution in [0.2, 0.25) is 0 Å². The Bertz CT molecular complexity index is 2040. The fourth-order valence-corrected chi connectivity index (χ4v) is 6.16. The highest BCUT2D eigenvalue weighted by Crippen LogP contribution is 2.38. The van der Waals surface area contributed by atoms with Crippen LogP contribution in [0.15, 0.2) is 54.0 Å². The Morgan fingerprint density at radius 2 is 1.71 bits per heavy atom. The molecule has 51 heavy (non-hydrogen) atoms. The molecular weight excluding hydrogens is 678 g/mol. The number of nitrogens with zero attached hydrogens (tertiary/aromatic N) is 3. The number of imidazole rings is 1. The molecule has 14 heteroatoms. The third-order valence-corrected chi connectivity index (χ3v) is 8.30. The van der Waals surface area contributed by atoms with E-state index in [2.05, 4.69) is 22.1 Å². The summed E-state index contributed by atoms with van der Waals surface area (Å²) in [6.07, 6.45) is -0.860. The highest BCUT2D eigenvalue weighted by molar-refractivity contribution is 5.83. The van der Waals surface area contributed by atoms with Gasteiger partial charge in [-0.3, -0.25) is 14.4 Å². The number of carboxylic acids is 1. The zero-order valence-electron chi connectivity index (χ0n) is 28.5. The summed E-state index contributed by atoms with van der Waals surface area (Å²) < 4.78 is 91.3. The Morgan fingerprint density at radius 3 is 2.25 bits per heavy atom. The number of halogens is 6. The lowest BCUT2D eigenvalue weighted by molar-refractivity contribution is -0.139. The summed E-state index contributed by atoms with van der Waals surface area (Å²) in [5, 5.41) is 12.2. The van der Waals surface area contributed by atoms with E-state index in [4.69, 9.17) is 0 Å². The van der Waals surface area contributed by atoms with Gasteiger partial charge in [0.2, 0.25) is 5.91 Å². The Balaban J connectivity index is 1.86. The van der Waals surface area contributed by atoms with Crippen molar-refractivity contribution in [3.05, 3.63) is 110 Å². The molecule has 2 N–H and O–H groups in total. The number of benzene rings is 2. The minimum atomic E-state index is -4.90. The van der Waals surface area contributed by atoms with Gasteiger partial charge >= 0.3 is 12.1 Å². The molecule has 270 valence electrons. The first-order chi connectivity index (χ1) is 23.9. The maximum atomic E-state index is 16.7. The molecule has 0 aliphatic rings. The number of aliphatic carboxylic acids is 1. The van der Waals surface area contributed by atoms with Gasteiger partial charge in [0.15, 0.2) is 0 Å². The van der Waals surface area contributed by atoms with Gasteiger partial charge in [0, 0.05) is 47.9 Å². The summed E-state index contributed by atoms with van der Waals surface area (Å²) in [5.41, 5.74) is -3.05. The van der Waals surface area contributed by atoms with Gasteiger partial charge in [0.05, 0.1) is 24.4 Å². The zero-order valence-corrected chi connectivity index (χ0v) is 28.5. The maximum Gasteiger partial charge on any atom is 0.416 e. The predicted molar refractivity (Wildman–Crippen MR) is 177 cm³/mol. The number of nitrogens with one attached hydrogen (secondary N) is 1. The third kappa shape index (κ3) is 8.89. The van der Waals surface area contributed by atoms with Crippen LogP contribution in [0.5, 0.6) is 0 Å². The molecule has 0 saturated carbocycles. The standard InChI is InChI=1S/C37H36F6N4O4/c1-6-7-23-15-27(39)34(35(40)33(23)32-21(4)13-25(38)14-22(32)5)28(17-31(49)50)45-36(51)29(12-20(2)3)47-18-24(8-10-46-11-9-44-19-46)26(16-30(47)48)37(41,42)43/h9,11,13-16,18-20,28-29H,8,10,12,17H2,1-5H3,(H,45,51)(H,49,50)/t28-,29+/m0/s1. The summed E-state index contributed by atoms with van der Waals surface area (Å²) >= 11 is 0. The minimum Gasteiger partial charge on any atom is -0.481 e. The summed E-state index contributed by atoms with van der Waals surface area (Å²) in [5.74, 6) is -0.784. The molecule has 0 fully saturated rings. The summed E-state index contributed by atoms with van der Waals surface area (Å²) in [6.45, 7) is 7.90. The second-order valence-corrected chi connectivity index (χ2v) is 12.6. The van der Waals surface area contributed by atoms with Crippen molar-refractivity contribution < 1.29 is 41.0 Å². The van der Waals surface area contributed by atoms with Crippen molar-refractivity contribution in [3.63, 3.8) is 0 Å². The van der Waals surface area contributed by atoms with E-state index in [1.54, 1.807) is 20.0 Å². The number of aromatic nitrogens is 3. The number of carboxylic acid groups (broad SMARTS) is 1. The SMILES string of the molecule is CC#Cc1cc(F)c([C@H](CC(=O)O)NC(=O)[C@@H](CC(C)C)n2cc(CCn3ccnc3)c(C(F)(F)F)cc2=O)c(F)c1-c1c(C)cc(F)cc1C. The number of alkyl halides is 3. The number of amides is 1. The normalized spacial score (nSPS) is 12.7. The third-order valence-electron chi connectivity index (χ3n) is 8.30. The van der Waals surface area contributed by atoms with Gasteiger partial charge in [-0.25, -0.2) is 18.2 Å². The number of rotatable bonds is 12.